The van der Waals surface area contributed by atoms with Gasteiger partial charge in [-0.1, -0.05) is 0 Å². The molecule has 2 aromatic heterocycles. The van der Waals surface area contributed by atoms with Crippen molar-refractivity contribution >= 4 is 21.6 Å². The van der Waals surface area contributed by atoms with E-state index in [1.165, 1.54) is 0 Å². The van der Waals surface area contributed by atoms with Gasteiger partial charge in [-0.2, -0.15) is 5.26 Å². The van der Waals surface area contributed by atoms with Crippen molar-refractivity contribution in [2.24, 2.45) is 0 Å². The molecule has 0 aliphatic carbocycles. The Morgan fingerprint density at radius 2 is 2.27 bits per heavy atom. The summed E-state index contributed by atoms with van der Waals surface area (Å²) in [7, 11) is 0. The number of hydrogen-bond donors (Lipinski definition) is 0. The van der Waals surface area contributed by atoms with Crippen LogP contribution >= 0.6 is 15.9 Å². The first-order chi connectivity index (χ1) is 7.13. The highest BCUT2D eigenvalue weighted by atomic mass is 79.9. The predicted octanol–water partition coefficient (Wildman–Crippen LogP) is 2.78. The second-order valence-electron chi connectivity index (χ2n) is 3.51. The number of hydrogen-bond acceptors (Lipinski definition) is 2. The number of rotatable bonds is 1. The Morgan fingerprint density at radius 1 is 1.53 bits per heavy atom. The van der Waals surface area contributed by atoms with Gasteiger partial charge in [0.25, 0.3) is 0 Å². The van der Waals surface area contributed by atoms with Crippen molar-refractivity contribution in [1.29, 1.82) is 5.26 Å². The third-order valence-corrected chi connectivity index (χ3v) is 3.28. The highest BCUT2D eigenvalue weighted by Crippen LogP contribution is 2.20. The molecule has 0 unspecified atom stereocenters. The summed E-state index contributed by atoms with van der Waals surface area (Å²) in [5.74, 6) is 0. The second-order valence-corrected chi connectivity index (χ2v) is 4.37. The molecule has 3 nitrogen and oxygen atoms in total. The summed E-state index contributed by atoms with van der Waals surface area (Å²) in [6.07, 6.45) is 2.36. The predicted molar refractivity (Wildman–Crippen MR) is 61.7 cm³/mol. The standard InChI is InChI=1S/C11H10BrN3/c1-7-5-11-14-8(2)10(3-4-13)15(11)6-9(7)12/h5-6H,3H2,1-2H3. The molecular formula is C11H10BrN3. The summed E-state index contributed by atoms with van der Waals surface area (Å²) < 4.78 is 3.00. The minimum absolute atomic E-state index is 0.391. The third-order valence-electron chi connectivity index (χ3n) is 2.45. The maximum Gasteiger partial charge on any atom is 0.137 e. The van der Waals surface area contributed by atoms with Gasteiger partial charge in [0.05, 0.1) is 23.9 Å². The summed E-state index contributed by atoms with van der Waals surface area (Å²) in [5, 5.41) is 8.74. The fourth-order valence-corrected chi connectivity index (χ4v) is 1.93. The van der Waals surface area contributed by atoms with E-state index in [0.717, 1.165) is 27.1 Å². The van der Waals surface area contributed by atoms with Crippen molar-refractivity contribution in [3.63, 3.8) is 0 Å². The summed E-state index contributed by atoms with van der Waals surface area (Å²) in [5.41, 5.74) is 3.94. The van der Waals surface area contributed by atoms with Crippen LogP contribution < -0.4 is 0 Å². The Morgan fingerprint density at radius 3 is 2.93 bits per heavy atom. The molecule has 2 rings (SSSR count). The molecule has 0 aliphatic heterocycles. The molecule has 0 bridgehead atoms. The normalized spacial score (nSPS) is 10.5. The summed E-state index contributed by atoms with van der Waals surface area (Å²) in [4.78, 5) is 4.42. The van der Waals surface area contributed by atoms with Gasteiger partial charge in [-0.05, 0) is 41.4 Å². The molecule has 0 atom stereocenters. The van der Waals surface area contributed by atoms with Gasteiger partial charge in [-0.25, -0.2) is 4.98 Å². The van der Waals surface area contributed by atoms with Gasteiger partial charge in [0.1, 0.15) is 5.65 Å². The number of imidazole rings is 1. The molecule has 0 saturated carbocycles. The van der Waals surface area contributed by atoms with Crippen molar-refractivity contribution in [3.05, 3.63) is 33.7 Å². The molecule has 0 aliphatic rings. The van der Waals surface area contributed by atoms with Crippen LogP contribution in [-0.2, 0) is 6.42 Å². The topological polar surface area (TPSA) is 41.1 Å². The Labute approximate surface area is 96.5 Å². The zero-order chi connectivity index (χ0) is 11.0. The fraction of sp³-hybridized carbons (Fsp3) is 0.273. The van der Waals surface area contributed by atoms with E-state index in [0.29, 0.717) is 6.42 Å². The number of nitriles is 1. The van der Waals surface area contributed by atoms with Gasteiger partial charge in [0.2, 0.25) is 0 Å². The first-order valence-corrected chi connectivity index (χ1v) is 5.43. The van der Waals surface area contributed by atoms with E-state index in [-0.39, 0.29) is 0 Å². The lowest BCUT2D eigenvalue weighted by Gasteiger charge is -2.01. The number of aromatic nitrogens is 2. The van der Waals surface area contributed by atoms with Crippen LogP contribution in [0.1, 0.15) is 17.0 Å². The van der Waals surface area contributed by atoms with E-state index in [2.05, 4.69) is 27.0 Å². The minimum atomic E-state index is 0.391. The molecule has 0 amide bonds. The summed E-state index contributed by atoms with van der Waals surface area (Å²) >= 11 is 3.48. The van der Waals surface area contributed by atoms with Crippen LogP contribution in [0.2, 0.25) is 0 Å². The van der Waals surface area contributed by atoms with Crippen LogP contribution in [0.25, 0.3) is 5.65 Å². The zero-order valence-electron chi connectivity index (χ0n) is 8.58. The zero-order valence-corrected chi connectivity index (χ0v) is 10.2. The molecule has 0 fully saturated rings. The lowest BCUT2D eigenvalue weighted by molar-refractivity contribution is 1.03. The van der Waals surface area contributed by atoms with E-state index < -0.39 is 0 Å². The van der Waals surface area contributed by atoms with Crippen LogP contribution in [0.15, 0.2) is 16.7 Å². The van der Waals surface area contributed by atoms with Crippen molar-refractivity contribution < 1.29 is 0 Å². The Kier molecular flexibility index (Phi) is 2.49. The fourth-order valence-electron chi connectivity index (χ4n) is 1.61. The van der Waals surface area contributed by atoms with E-state index in [4.69, 9.17) is 5.26 Å². The van der Waals surface area contributed by atoms with Crippen LogP contribution in [-0.4, -0.2) is 9.38 Å². The molecule has 0 N–H and O–H groups in total. The van der Waals surface area contributed by atoms with Gasteiger partial charge in [-0.15, -0.1) is 0 Å². The lowest BCUT2D eigenvalue weighted by Crippen LogP contribution is -1.94. The maximum atomic E-state index is 8.74. The third kappa shape index (κ3) is 1.64. The Bertz CT molecular complexity index is 563. The molecule has 2 aromatic rings. The maximum absolute atomic E-state index is 8.74. The SMILES string of the molecule is Cc1cc2nc(C)c(CC#N)n2cc1Br. The highest BCUT2D eigenvalue weighted by molar-refractivity contribution is 9.10. The van der Waals surface area contributed by atoms with E-state index in [1.54, 1.807) is 0 Å². The smallest absolute Gasteiger partial charge is 0.137 e. The van der Waals surface area contributed by atoms with Gasteiger partial charge >= 0.3 is 0 Å². The van der Waals surface area contributed by atoms with Gasteiger partial charge in [-0.3, -0.25) is 0 Å². The van der Waals surface area contributed by atoms with Crippen LogP contribution in [0.4, 0.5) is 0 Å². The number of pyridine rings is 1. The van der Waals surface area contributed by atoms with Crippen molar-refractivity contribution in [2.75, 3.05) is 0 Å². The average Bonchev–Trinajstić information content (AvgIpc) is 2.46. The van der Waals surface area contributed by atoms with Gasteiger partial charge in [0, 0.05) is 10.7 Å². The molecule has 15 heavy (non-hydrogen) atoms. The summed E-state index contributed by atoms with van der Waals surface area (Å²) in [6, 6.07) is 4.17. The van der Waals surface area contributed by atoms with Crippen LogP contribution in [0.5, 0.6) is 0 Å². The van der Waals surface area contributed by atoms with Crippen molar-refractivity contribution in [2.45, 2.75) is 20.3 Å². The quantitative estimate of drug-likeness (QED) is 0.794. The van der Waals surface area contributed by atoms with E-state index >= 15 is 0 Å². The van der Waals surface area contributed by atoms with Crippen molar-refractivity contribution in [3.8, 4) is 6.07 Å². The lowest BCUT2D eigenvalue weighted by atomic mass is 10.2. The Hall–Kier alpha value is -1.34. The molecule has 0 aromatic carbocycles. The molecule has 0 radical (unpaired) electrons. The van der Waals surface area contributed by atoms with E-state index in [9.17, 15) is 0 Å². The molecule has 0 spiro atoms. The van der Waals surface area contributed by atoms with Crippen molar-refractivity contribution in [1.82, 2.24) is 9.38 Å². The number of fused-ring (bicyclic) bond motifs is 1. The number of halogens is 1. The van der Waals surface area contributed by atoms with Gasteiger partial charge in [0.15, 0.2) is 0 Å². The van der Waals surface area contributed by atoms with Crippen LogP contribution in [0.3, 0.4) is 0 Å². The molecule has 2 heterocycles. The largest absolute Gasteiger partial charge is 0.302 e. The second kappa shape index (κ2) is 3.67. The van der Waals surface area contributed by atoms with Gasteiger partial charge < -0.3 is 4.40 Å². The molecule has 76 valence electrons. The first-order valence-electron chi connectivity index (χ1n) is 4.64. The summed E-state index contributed by atoms with van der Waals surface area (Å²) in [6.45, 7) is 3.96. The highest BCUT2D eigenvalue weighted by Gasteiger charge is 2.09. The monoisotopic (exact) mass is 263 g/mol. The number of aryl methyl sites for hydroxylation is 2. The molecule has 4 heteroatoms. The minimum Gasteiger partial charge on any atom is -0.302 e. The molecular weight excluding hydrogens is 254 g/mol. The molecule has 0 saturated heterocycles. The number of nitrogens with zero attached hydrogens (tertiary/aromatic N) is 3. The van der Waals surface area contributed by atoms with E-state index in [1.807, 2.05) is 30.5 Å². The average molecular weight is 264 g/mol. The Balaban J connectivity index is 2.77. The first kappa shape index (κ1) is 10.2. The van der Waals surface area contributed by atoms with Crippen LogP contribution in [0, 0.1) is 25.2 Å².